The minimum absolute atomic E-state index is 0.0256. The molecular weight excluding hydrogens is 368 g/mol. The SMILES string of the molecule is CCOC(=O)c1cccc(NC(=O)CNC(=O)CC23CC4CC(CC(C4)C2)C3)c1. The van der Waals surface area contributed by atoms with E-state index >= 15 is 0 Å². The fourth-order valence-electron chi connectivity index (χ4n) is 6.23. The topological polar surface area (TPSA) is 84.5 Å². The summed E-state index contributed by atoms with van der Waals surface area (Å²) in [5.41, 5.74) is 1.06. The molecule has 0 unspecified atom stereocenters. The molecule has 0 spiro atoms. The van der Waals surface area contributed by atoms with Gasteiger partial charge in [0.05, 0.1) is 18.7 Å². The molecule has 0 aromatic heterocycles. The predicted octanol–water partition coefficient (Wildman–Crippen LogP) is 3.52. The van der Waals surface area contributed by atoms with Gasteiger partial charge >= 0.3 is 5.97 Å². The van der Waals surface area contributed by atoms with Gasteiger partial charge in [-0.25, -0.2) is 4.79 Å². The van der Waals surface area contributed by atoms with E-state index in [0.29, 0.717) is 24.3 Å². The maximum absolute atomic E-state index is 12.5. The molecule has 156 valence electrons. The van der Waals surface area contributed by atoms with Crippen LogP contribution in [0.4, 0.5) is 5.69 Å². The van der Waals surface area contributed by atoms with E-state index in [2.05, 4.69) is 10.6 Å². The second kappa shape index (κ2) is 8.17. The Labute approximate surface area is 171 Å². The molecule has 4 fully saturated rings. The van der Waals surface area contributed by atoms with E-state index in [-0.39, 0.29) is 23.8 Å². The smallest absolute Gasteiger partial charge is 0.338 e. The molecule has 4 saturated carbocycles. The van der Waals surface area contributed by atoms with Gasteiger partial charge in [-0.2, -0.15) is 0 Å². The van der Waals surface area contributed by atoms with E-state index in [0.717, 1.165) is 17.8 Å². The van der Waals surface area contributed by atoms with Gasteiger partial charge in [-0.05, 0) is 86.8 Å². The number of benzene rings is 1. The van der Waals surface area contributed by atoms with Crippen molar-refractivity contribution < 1.29 is 19.1 Å². The van der Waals surface area contributed by atoms with E-state index in [1.165, 1.54) is 38.5 Å². The van der Waals surface area contributed by atoms with Crippen LogP contribution in [-0.4, -0.2) is 30.9 Å². The average Bonchev–Trinajstić information content (AvgIpc) is 2.65. The Kier molecular flexibility index (Phi) is 5.61. The molecule has 2 amide bonds. The van der Waals surface area contributed by atoms with Gasteiger partial charge in [0.1, 0.15) is 0 Å². The highest BCUT2D eigenvalue weighted by Crippen LogP contribution is 2.61. The largest absolute Gasteiger partial charge is 0.462 e. The second-order valence-corrected chi connectivity index (χ2v) is 9.22. The molecule has 0 aliphatic heterocycles. The van der Waals surface area contributed by atoms with E-state index < -0.39 is 5.97 Å². The lowest BCUT2D eigenvalue weighted by Crippen LogP contribution is -2.48. The van der Waals surface area contributed by atoms with Crippen molar-refractivity contribution in [2.75, 3.05) is 18.5 Å². The Morgan fingerprint density at radius 1 is 1.03 bits per heavy atom. The number of hydrogen-bond donors (Lipinski definition) is 2. The Morgan fingerprint density at radius 3 is 2.31 bits per heavy atom. The zero-order valence-corrected chi connectivity index (χ0v) is 17.0. The standard InChI is InChI=1S/C23H30N2O4/c1-2-29-22(28)18-4-3-5-19(9-18)25-21(27)14-24-20(26)13-23-10-15-6-16(11-23)8-17(7-15)12-23/h3-5,9,15-17H,2,6-8,10-14H2,1H3,(H,24,26)(H,25,27). The number of ether oxygens (including phenoxy) is 1. The van der Waals surface area contributed by atoms with Gasteiger partial charge in [0.15, 0.2) is 0 Å². The summed E-state index contributed by atoms with van der Waals surface area (Å²) in [7, 11) is 0. The lowest BCUT2D eigenvalue weighted by Gasteiger charge is -2.56. The Hall–Kier alpha value is -2.37. The summed E-state index contributed by atoms with van der Waals surface area (Å²) in [5.74, 6) is 1.68. The summed E-state index contributed by atoms with van der Waals surface area (Å²) in [5, 5.41) is 5.53. The van der Waals surface area contributed by atoms with Crippen LogP contribution >= 0.6 is 0 Å². The lowest BCUT2D eigenvalue weighted by molar-refractivity contribution is -0.131. The highest BCUT2D eigenvalue weighted by atomic mass is 16.5. The molecule has 6 nitrogen and oxygen atoms in total. The summed E-state index contributed by atoms with van der Waals surface area (Å²) in [4.78, 5) is 36.6. The molecule has 1 aromatic rings. The van der Waals surface area contributed by atoms with Crippen molar-refractivity contribution in [1.29, 1.82) is 0 Å². The molecule has 5 rings (SSSR count). The quantitative estimate of drug-likeness (QED) is 0.688. The highest BCUT2D eigenvalue weighted by molar-refractivity contribution is 5.96. The number of carbonyl (C=O) groups excluding carboxylic acids is 3. The molecule has 29 heavy (non-hydrogen) atoms. The lowest BCUT2D eigenvalue weighted by atomic mass is 9.49. The molecular formula is C23H30N2O4. The molecule has 0 atom stereocenters. The van der Waals surface area contributed by atoms with Gasteiger partial charge in [-0.1, -0.05) is 6.07 Å². The van der Waals surface area contributed by atoms with Gasteiger partial charge < -0.3 is 15.4 Å². The zero-order chi connectivity index (χ0) is 20.4. The normalized spacial score (nSPS) is 29.3. The van der Waals surface area contributed by atoms with Gasteiger partial charge in [-0.3, -0.25) is 9.59 Å². The van der Waals surface area contributed by atoms with E-state index in [1.54, 1.807) is 31.2 Å². The Bertz CT molecular complexity index is 769. The molecule has 0 radical (unpaired) electrons. The number of amides is 2. The van der Waals surface area contributed by atoms with E-state index in [1.807, 2.05) is 0 Å². The number of esters is 1. The van der Waals surface area contributed by atoms with Crippen molar-refractivity contribution in [2.24, 2.45) is 23.2 Å². The maximum Gasteiger partial charge on any atom is 0.338 e. The van der Waals surface area contributed by atoms with Crippen molar-refractivity contribution in [3.8, 4) is 0 Å². The third-order valence-corrected chi connectivity index (χ3v) is 6.80. The van der Waals surface area contributed by atoms with Gasteiger partial charge in [-0.15, -0.1) is 0 Å². The van der Waals surface area contributed by atoms with Crippen molar-refractivity contribution in [1.82, 2.24) is 5.32 Å². The summed E-state index contributed by atoms with van der Waals surface area (Å²) in [6.07, 6.45) is 8.15. The van der Waals surface area contributed by atoms with Crippen LogP contribution in [0.25, 0.3) is 0 Å². The first-order chi connectivity index (χ1) is 13.9. The van der Waals surface area contributed by atoms with Crippen LogP contribution < -0.4 is 10.6 Å². The minimum Gasteiger partial charge on any atom is -0.462 e. The van der Waals surface area contributed by atoms with Crippen LogP contribution in [0.1, 0.15) is 62.2 Å². The Morgan fingerprint density at radius 2 is 1.69 bits per heavy atom. The monoisotopic (exact) mass is 398 g/mol. The summed E-state index contributed by atoms with van der Waals surface area (Å²) < 4.78 is 4.97. The Balaban J connectivity index is 1.26. The molecule has 2 N–H and O–H groups in total. The second-order valence-electron chi connectivity index (χ2n) is 9.22. The van der Waals surface area contributed by atoms with Crippen LogP contribution in [0.15, 0.2) is 24.3 Å². The van der Waals surface area contributed by atoms with Crippen LogP contribution in [0, 0.1) is 23.2 Å². The van der Waals surface area contributed by atoms with Gasteiger partial charge in [0, 0.05) is 12.1 Å². The molecule has 0 heterocycles. The van der Waals surface area contributed by atoms with Crippen molar-refractivity contribution in [2.45, 2.75) is 51.9 Å². The summed E-state index contributed by atoms with van der Waals surface area (Å²) in [6.45, 7) is 1.98. The highest BCUT2D eigenvalue weighted by Gasteiger charge is 2.51. The molecule has 1 aromatic carbocycles. The predicted molar refractivity (Wildman–Crippen MR) is 109 cm³/mol. The number of anilines is 1. The van der Waals surface area contributed by atoms with Crippen LogP contribution in [0.3, 0.4) is 0 Å². The van der Waals surface area contributed by atoms with Gasteiger partial charge in [0.25, 0.3) is 0 Å². The van der Waals surface area contributed by atoms with E-state index in [9.17, 15) is 14.4 Å². The number of carbonyl (C=O) groups is 3. The van der Waals surface area contributed by atoms with E-state index in [4.69, 9.17) is 4.74 Å². The fraction of sp³-hybridized carbons (Fsp3) is 0.609. The molecule has 4 bridgehead atoms. The third-order valence-electron chi connectivity index (χ3n) is 6.80. The number of nitrogens with one attached hydrogen (secondary N) is 2. The first-order valence-electron chi connectivity index (χ1n) is 10.8. The van der Waals surface area contributed by atoms with Crippen molar-refractivity contribution >= 4 is 23.5 Å². The molecule has 4 aliphatic rings. The zero-order valence-electron chi connectivity index (χ0n) is 17.0. The summed E-state index contributed by atoms with van der Waals surface area (Å²) >= 11 is 0. The third kappa shape index (κ3) is 4.62. The minimum atomic E-state index is -0.424. The molecule has 0 saturated heterocycles. The van der Waals surface area contributed by atoms with Crippen LogP contribution in [0.2, 0.25) is 0 Å². The fourth-order valence-corrected chi connectivity index (χ4v) is 6.23. The first-order valence-corrected chi connectivity index (χ1v) is 10.8. The number of rotatable bonds is 7. The van der Waals surface area contributed by atoms with Gasteiger partial charge in [0.2, 0.25) is 11.8 Å². The average molecular weight is 399 g/mol. The first kappa shape index (κ1) is 19.9. The van der Waals surface area contributed by atoms with Crippen LogP contribution in [0.5, 0.6) is 0 Å². The van der Waals surface area contributed by atoms with Crippen molar-refractivity contribution in [3.63, 3.8) is 0 Å². The number of hydrogen-bond acceptors (Lipinski definition) is 4. The molecule has 4 aliphatic carbocycles. The maximum atomic E-state index is 12.5. The molecule has 6 heteroatoms. The van der Waals surface area contributed by atoms with Crippen molar-refractivity contribution in [3.05, 3.63) is 29.8 Å². The summed E-state index contributed by atoms with van der Waals surface area (Å²) in [6, 6.07) is 6.61. The van der Waals surface area contributed by atoms with Crippen LogP contribution in [-0.2, 0) is 14.3 Å².